The van der Waals surface area contributed by atoms with Gasteiger partial charge in [0.2, 0.25) is 0 Å². The van der Waals surface area contributed by atoms with Gasteiger partial charge in [-0.15, -0.1) is 0 Å². The minimum atomic E-state index is -0.190. The molecule has 0 spiro atoms. The summed E-state index contributed by atoms with van der Waals surface area (Å²) < 4.78 is 9.71. The van der Waals surface area contributed by atoms with Crippen molar-refractivity contribution in [3.8, 4) is 22.5 Å². The number of carbonyl (C=O) groups excluding carboxylic acids is 2. The van der Waals surface area contributed by atoms with Crippen molar-refractivity contribution < 1.29 is 19.1 Å². The van der Waals surface area contributed by atoms with E-state index in [1.807, 2.05) is 0 Å². The zero-order valence-corrected chi connectivity index (χ0v) is 44.0. The predicted molar refractivity (Wildman–Crippen MR) is 287 cm³/mol. The first kappa shape index (κ1) is 54.6. The number of alkyl halides is 1. The Balaban J connectivity index is 0.000000218. The molecule has 372 valence electrons. The Hall–Kier alpha value is -4.32. The van der Waals surface area contributed by atoms with Crippen molar-refractivity contribution in [3.05, 3.63) is 95.1 Å². The molecule has 4 aromatic rings. The lowest BCUT2D eigenvalue weighted by molar-refractivity contribution is -0.142. The van der Waals surface area contributed by atoms with E-state index in [4.69, 9.17) is 14.7 Å². The molecule has 0 unspecified atom stereocenters. The van der Waals surface area contributed by atoms with Gasteiger partial charge in [0.1, 0.15) is 11.6 Å². The Labute approximate surface area is 418 Å². The Bertz CT molecular complexity index is 2280. The van der Waals surface area contributed by atoms with E-state index in [-0.39, 0.29) is 41.0 Å². The standard InChI is InChI=1S/C28H39N3O2.C22H29N3.C6H11BrO2.CH4/c1-21(32)33-18-7-6-13-30-14-16-31(17-15-30)26-10-8-9-25(29-26)22-11-12-23-24(19-22)28(4,5)20-27(23,2)3;1-21(2)15-22(3,4)18-14-16(8-9-17(18)21)19-6-5-7-20(24-19)25-12-10-23-11-13-25;1-6(8)9-5-3-2-4-7;/h8-12,19H,6-7,13-18,20H2,1-5H3;5-9,14,23H,10-13,15H2,1-4H3;2-5H2,1H3;1H4. The van der Waals surface area contributed by atoms with E-state index >= 15 is 0 Å². The van der Waals surface area contributed by atoms with E-state index in [9.17, 15) is 9.59 Å². The molecule has 68 heavy (non-hydrogen) atoms. The first-order chi connectivity index (χ1) is 31.8. The van der Waals surface area contributed by atoms with Crippen LogP contribution >= 0.6 is 15.9 Å². The van der Waals surface area contributed by atoms with Gasteiger partial charge in [-0.05, 0) is 125 Å². The lowest BCUT2D eigenvalue weighted by atomic mass is 9.82. The van der Waals surface area contributed by atoms with Crippen LogP contribution in [0, 0.1) is 0 Å². The van der Waals surface area contributed by atoms with Crippen LogP contribution in [-0.4, -0.2) is 104 Å². The van der Waals surface area contributed by atoms with Crippen LogP contribution in [0.25, 0.3) is 22.5 Å². The first-order valence-electron chi connectivity index (χ1n) is 24.8. The summed E-state index contributed by atoms with van der Waals surface area (Å²) in [6, 6.07) is 26.8. The van der Waals surface area contributed by atoms with Crippen molar-refractivity contribution in [2.24, 2.45) is 0 Å². The van der Waals surface area contributed by atoms with Crippen molar-refractivity contribution in [1.82, 2.24) is 20.2 Å². The zero-order chi connectivity index (χ0) is 48.4. The van der Waals surface area contributed by atoms with Crippen LogP contribution in [-0.2, 0) is 40.7 Å². The Morgan fingerprint density at radius 1 is 0.574 bits per heavy atom. The molecule has 4 heterocycles. The predicted octanol–water partition coefficient (Wildman–Crippen LogP) is 11.7. The number of fused-ring (bicyclic) bond motifs is 2. The molecule has 10 nitrogen and oxygen atoms in total. The van der Waals surface area contributed by atoms with Gasteiger partial charge >= 0.3 is 11.9 Å². The molecular weight excluding hydrogens is 913 g/mol. The zero-order valence-electron chi connectivity index (χ0n) is 42.4. The average molecular weight is 996 g/mol. The van der Waals surface area contributed by atoms with Crippen LogP contribution in [0.1, 0.15) is 137 Å². The minimum Gasteiger partial charge on any atom is -0.466 e. The number of benzene rings is 2. The van der Waals surface area contributed by atoms with Gasteiger partial charge in [0, 0.05) is 82.7 Å². The summed E-state index contributed by atoms with van der Waals surface area (Å²) in [5.74, 6) is 1.79. The number of pyridine rings is 2. The Morgan fingerprint density at radius 3 is 1.44 bits per heavy atom. The van der Waals surface area contributed by atoms with Crippen LogP contribution in [0.4, 0.5) is 11.6 Å². The van der Waals surface area contributed by atoms with Crippen molar-refractivity contribution in [2.75, 3.05) is 87.2 Å². The Morgan fingerprint density at radius 2 is 1.00 bits per heavy atom. The van der Waals surface area contributed by atoms with E-state index in [2.05, 4.69) is 169 Å². The van der Waals surface area contributed by atoms with Gasteiger partial charge in [-0.3, -0.25) is 14.5 Å². The smallest absolute Gasteiger partial charge is 0.302 e. The third kappa shape index (κ3) is 14.4. The highest BCUT2D eigenvalue weighted by Crippen LogP contribution is 2.51. The molecule has 2 saturated heterocycles. The van der Waals surface area contributed by atoms with E-state index in [1.54, 1.807) is 0 Å². The van der Waals surface area contributed by atoms with Gasteiger partial charge in [0.05, 0.1) is 24.6 Å². The molecule has 0 amide bonds. The number of nitrogens with one attached hydrogen (secondary N) is 1. The fourth-order valence-corrected chi connectivity index (χ4v) is 11.4. The second-order valence-electron chi connectivity index (χ2n) is 21.5. The SMILES string of the molecule is C.CC(=O)OCCCCBr.CC(=O)OCCCCN1CCN(c2cccc(-c3ccc4c(c3)C(C)(C)CC4(C)C)n2)CC1.CC1(C)CC(C)(C)c2cc(-c3cccc(N4CCNCC4)n3)ccc21. The van der Waals surface area contributed by atoms with Gasteiger partial charge in [-0.2, -0.15) is 0 Å². The topological polar surface area (TPSA) is 100 Å². The number of carbonyl (C=O) groups is 2. The average Bonchev–Trinajstić information content (AvgIpc) is 3.62. The van der Waals surface area contributed by atoms with Crippen molar-refractivity contribution >= 4 is 39.5 Å². The maximum absolute atomic E-state index is 10.9. The number of aromatic nitrogens is 2. The summed E-state index contributed by atoms with van der Waals surface area (Å²) in [5, 5.41) is 4.39. The van der Waals surface area contributed by atoms with Crippen LogP contribution in [0.3, 0.4) is 0 Å². The monoisotopic (exact) mass is 995 g/mol. The van der Waals surface area contributed by atoms with Crippen molar-refractivity contribution in [2.45, 2.75) is 137 Å². The normalized spacial score (nSPS) is 18.4. The fraction of sp³-hybridized carbons (Fsp3) is 0.579. The molecule has 4 aliphatic rings. The maximum atomic E-state index is 10.9. The number of rotatable bonds is 13. The lowest BCUT2D eigenvalue weighted by Crippen LogP contribution is -2.47. The molecule has 2 aromatic heterocycles. The van der Waals surface area contributed by atoms with Gasteiger partial charge in [0.25, 0.3) is 0 Å². The molecular formula is C57H83BrN6O4. The summed E-state index contributed by atoms with van der Waals surface area (Å²) in [6.07, 6.45) is 6.39. The molecule has 1 N–H and O–H groups in total. The number of unbranched alkanes of at least 4 members (excludes halogenated alkanes) is 2. The van der Waals surface area contributed by atoms with Gasteiger partial charge < -0.3 is 24.6 Å². The van der Waals surface area contributed by atoms with E-state index in [1.165, 1.54) is 60.1 Å². The number of anilines is 2. The van der Waals surface area contributed by atoms with Gasteiger partial charge in [-0.25, -0.2) is 9.97 Å². The van der Waals surface area contributed by atoms with Crippen molar-refractivity contribution in [3.63, 3.8) is 0 Å². The molecule has 11 heteroatoms. The Kier molecular flexibility index (Phi) is 19.3. The number of ether oxygens (including phenoxy) is 2. The third-order valence-electron chi connectivity index (χ3n) is 13.9. The highest BCUT2D eigenvalue weighted by molar-refractivity contribution is 9.09. The summed E-state index contributed by atoms with van der Waals surface area (Å²) >= 11 is 3.28. The molecule has 0 bridgehead atoms. The fourth-order valence-electron chi connectivity index (χ4n) is 11.0. The quantitative estimate of drug-likeness (QED) is 0.0792. The van der Waals surface area contributed by atoms with E-state index in [0.29, 0.717) is 13.2 Å². The lowest BCUT2D eigenvalue weighted by Gasteiger charge is -2.35. The third-order valence-corrected chi connectivity index (χ3v) is 14.5. The number of piperazine rings is 2. The number of esters is 2. The minimum absolute atomic E-state index is 0. The second-order valence-corrected chi connectivity index (χ2v) is 22.3. The van der Waals surface area contributed by atoms with E-state index < -0.39 is 0 Å². The molecule has 0 radical (unpaired) electrons. The van der Waals surface area contributed by atoms with E-state index in [0.717, 1.165) is 113 Å². The molecule has 2 aromatic carbocycles. The second kappa shape index (κ2) is 24.0. The summed E-state index contributed by atoms with van der Waals surface area (Å²) in [7, 11) is 0. The number of halogens is 1. The molecule has 2 aliphatic carbocycles. The van der Waals surface area contributed by atoms with Gasteiger partial charge in [-0.1, -0.05) is 115 Å². The highest BCUT2D eigenvalue weighted by atomic mass is 79.9. The molecule has 2 fully saturated rings. The summed E-state index contributed by atoms with van der Waals surface area (Å²) in [5.41, 5.74) is 11.4. The van der Waals surface area contributed by atoms with Gasteiger partial charge in [0.15, 0.2) is 0 Å². The number of hydrogen-bond acceptors (Lipinski definition) is 10. The molecule has 2 aliphatic heterocycles. The molecule has 8 rings (SSSR count). The van der Waals surface area contributed by atoms with Crippen LogP contribution in [0.5, 0.6) is 0 Å². The number of nitrogens with zero attached hydrogens (tertiary/aromatic N) is 5. The molecule has 0 saturated carbocycles. The molecule has 0 atom stereocenters. The van der Waals surface area contributed by atoms with Crippen LogP contribution in [0.2, 0.25) is 0 Å². The highest BCUT2D eigenvalue weighted by Gasteiger charge is 2.43. The van der Waals surface area contributed by atoms with Crippen LogP contribution < -0.4 is 15.1 Å². The first-order valence-corrected chi connectivity index (χ1v) is 25.9. The van der Waals surface area contributed by atoms with Crippen molar-refractivity contribution in [1.29, 1.82) is 0 Å². The largest absolute Gasteiger partial charge is 0.466 e. The summed E-state index contributed by atoms with van der Waals surface area (Å²) in [4.78, 5) is 38.3. The van der Waals surface area contributed by atoms with Crippen LogP contribution in [0.15, 0.2) is 72.8 Å². The number of hydrogen-bond donors (Lipinski definition) is 1. The maximum Gasteiger partial charge on any atom is 0.302 e. The summed E-state index contributed by atoms with van der Waals surface area (Å²) in [6.45, 7) is 32.2.